The topological polar surface area (TPSA) is 97.8 Å². The van der Waals surface area contributed by atoms with Crippen LogP contribution in [0.5, 0.6) is 0 Å². The summed E-state index contributed by atoms with van der Waals surface area (Å²) in [5.41, 5.74) is 2.51. The van der Waals surface area contributed by atoms with Crippen molar-refractivity contribution in [1.29, 1.82) is 0 Å². The van der Waals surface area contributed by atoms with Crippen LogP contribution in [0, 0.1) is 5.92 Å². The van der Waals surface area contributed by atoms with Crippen LogP contribution < -0.4 is 16.2 Å². The van der Waals surface area contributed by atoms with Crippen molar-refractivity contribution in [1.82, 2.24) is 24.7 Å². The molecule has 2 aromatic heterocycles. The lowest BCUT2D eigenvalue weighted by Gasteiger charge is -2.22. The molecule has 1 aliphatic carbocycles. The Kier molecular flexibility index (Phi) is 3.96. The first-order valence-electron chi connectivity index (χ1n) is 7.27. The Balaban J connectivity index is 1.93. The number of rotatable bonds is 7. The SMILES string of the molecule is CCCN(CC1CC1)c1nc(NN)nc(-n2cccn2)n1. The third kappa shape index (κ3) is 3.27. The van der Waals surface area contributed by atoms with Crippen LogP contribution in [-0.2, 0) is 0 Å². The van der Waals surface area contributed by atoms with Gasteiger partial charge in [-0.05, 0) is 31.2 Å². The summed E-state index contributed by atoms with van der Waals surface area (Å²) < 4.78 is 1.60. The summed E-state index contributed by atoms with van der Waals surface area (Å²) >= 11 is 0. The molecular formula is C13H20N8. The molecule has 1 fully saturated rings. The lowest BCUT2D eigenvalue weighted by molar-refractivity contribution is 0.679. The van der Waals surface area contributed by atoms with Crippen molar-refractivity contribution in [3.63, 3.8) is 0 Å². The number of hydrazine groups is 1. The number of anilines is 2. The number of hydrogen-bond acceptors (Lipinski definition) is 7. The van der Waals surface area contributed by atoms with Gasteiger partial charge in [-0.25, -0.2) is 10.5 Å². The Morgan fingerprint density at radius 3 is 2.86 bits per heavy atom. The van der Waals surface area contributed by atoms with Gasteiger partial charge >= 0.3 is 0 Å². The van der Waals surface area contributed by atoms with E-state index < -0.39 is 0 Å². The molecule has 2 heterocycles. The van der Waals surface area contributed by atoms with E-state index in [2.05, 4.69) is 37.3 Å². The van der Waals surface area contributed by atoms with Gasteiger partial charge in [0.15, 0.2) is 0 Å². The predicted molar refractivity (Wildman–Crippen MR) is 80.0 cm³/mol. The van der Waals surface area contributed by atoms with Crippen LogP contribution in [-0.4, -0.2) is 37.8 Å². The van der Waals surface area contributed by atoms with Gasteiger partial charge in [-0.2, -0.15) is 20.1 Å². The fourth-order valence-corrected chi connectivity index (χ4v) is 2.20. The largest absolute Gasteiger partial charge is 0.340 e. The molecule has 0 aliphatic heterocycles. The van der Waals surface area contributed by atoms with Crippen LogP contribution in [0.4, 0.5) is 11.9 Å². The van der Waals surface area contributed by atoms with Crippen LogP contribution in [0.15, 0.2) is 18.5 Å². The maximum atomic E-state index is 5.48. The van der Waals surface area contributed by atoms with Gasteiger partial charge < -0.3 is 4.90 Å². The number of nitrogens with two attached hydrogens (primary N) is 1. The predicted octanol–water partition coefficient (Wildman–Crippen LogP) is 0.969. The average Bonchev–Trinajstić information content (AvgIpc) is 3.16. The van der Waals surface area contributed by atoms with Gasteiger partial charge in [-0.15, -0.1) is 0 Å². The Labute approximate surface area is 123 Å². The molecule has 0 radical (unpaired) electrons. The monoisotopic (exact) mass is 288 g/mol. The van der Waals surface area contributed by atoms with Gasteiger partial charge in [0.25, 0.3) is 5.95 Å². The molecule has 0 unspecified atom stereocenters. The molecule has 0 aromatic carbocycles. The highest BCUT2D eigenvalue weighted by Crippen LogP contribution is 2.31. The average molecular weight is 288 g/mol. The molecule has 1 saturated carbocycles. The number of aromatic nitrogens is 5. The summed E-state index contributed by atoms with van der Waals surface area (Å²) in [6.45, 7) is 4.06. The van der Waals surface area contributed by atoms with Crippen molar-refractivity contribution < 1.29 is 0 Å². The third-order valence-electron chi connectivity index (χ3n) is 3.40. The van der Waals surface area contributed by atoms with E-state index >= 15 is 0 Å². The number of nitrogens with one attached hydrogen (secondary N) is 1. The molecule has 1 aliphatic rings. The summed E-state index contributed by atoms with van der Waals surface area (Å²) in [4.78, 5) is 15.4. The molecule has 0 bridgehead atoms. The highest BCUT2D eigenvalue weighted by atomic mass is 15.4. The Morgan fingerprint density at radius 1 is 1.38 bits per heavy atom. The molecule has 112 valence electrons. The molecule has 0 spiro atoms. The zero-order valence-electron chi connectivity index (χ0n) is 12.1. The zero-order valence-corrected chi connectivity index (χ0v) is 12.1. The number of nitrogen functional groups attached to an aromatic ring is 1. The molecule has 3 rings (SSSR count). The molecule has 0 amide bonds. The van der Waals surface area contributed by atoms with Crippen molar-refractivity contribution in [3.05, 3.63) is 18.5 Å². The van der Waals surface area contributed by atoms with Gasteiger partial charge in [-0.1, -0.05) is 6.92 Å². The smallest absolute Gasteiger partial charge is 0.257 e. The number of nitrogens with zero attached hydrogens (tertiary/aromatic N) is 6. The second-order valence-electron chi connectivity index (χ2n) is 5.24. The van der Waals surface area contributed by atoms with Gasteiger partial charge in [0.1, 0.15) is 0 Å². The minimum absolute atomic E-state index is 0.349. The van der Waals surface area contributed by atoms with Crippen molar-refractivity contribution in [2.75, 3.05) is 23.4 Å². The van der Waals surface area contributed by atoms with E-state index in [4.69, 9.17) is 5.84 Å². The van der Waals surface area contributed by atoms with Gasteiger partial charge in [0.05, 0.1) is 0 Å². The van der Waals surface area contributed by atoms with E-state index in [1.165, 1.54) is 12.8 Å². The van der Waals surface area contributed by atoms with E-state index in [0.717, 1.165) is 25.4 Å². The standard InChI is InChI=1S/C13H20N8/c1-2-7-20(9-10-4-5-10)12-16-11(19-14)17-13(18-12)21-8-3-6-15-21/h3,6,8,10H,2,4-5,7,9,14H2,1H3,(H,16,17,18,19). The van der Waals surface area contributed by atoms with Gasteiger partial charge in [-0.3, -0.25) is 5.43 Å². The quantitative estimate of drug-likeness (QED) is 0.578. The highest BCUT2D eigenvalue weighted by molar-refractivity contribution is 5.39. The maximum absolute atomic E-state index is 5.48. The van der Waals surface area contributed by atoms with Gasteiger partial charge in [0, 0.05) is 25.5 Å². The van der Waals surface area contributed by atoms with E-state index in [1.807, 2.05) is 6.07 Å². The first-order chi connectivity index (χ1) is 10.3. The summed E-state index contributed by atoms with van der Waals surface area (Å²) in [7, 11) is 0. The second-order valence-corrected chi connectivity index (χ2v) is 5.24. The lowest BCUT2D eigenvalue weighted by atomic mass is 10.3. The van der Waals surface area contributed by atoms with E-state index in [0.29, 0.717) is 17.8 Å². The maximum Gasteiger partial charge on any atom is 0.257 e. The molecule has 2 aromatic rings. The van der Waals surface area contributed by atoms with Crippen LogP contribution in [0.2, 0.25) is 0 Å². The van der Waals surface area contributed by atoms with E-state index in [1.54, 1.807) is 17.1 Å². The van der Waals surface area contributed by atoms with Crippen molar-refractivity contribution in [2.45, 2.75) is 26.2 Å². The normalized spacial score (nSPS) is 14.2. The van der Waals surface area contributed by atoms with E-state index in [-0.39, 0.29) is 0 Å². The first-order valence-corrected chi connectivity index (χ1v) is 7.27. The fraction of sp³-hybridized carbons (Fsp3) is 0.538. The second kappa shape index (κ2) is 6.04. The lowest BCUT2D eigenvalue weighted by Crippen LogP contribution is -2.29. The molecule has 0 saturated heterocycles. The van der Waals surface area contributed by atoms with Gasteiger partial charge in [0.2, 0.25) is 11.9 Å². The van der Waals surface area contributed by atoms with Crippen molar-refractivity contribution >= 4 is 11.9 Å². The van der Waals surface area contributed by atoms with Crippen molar-refractivity contribution in [3.8, 4) is 5.95 Å². The third-order valence-corrected chi connectivity index (χ3v) is 3.40. The van der Waals surface area contributed by atoms with Crippen LogP contribution >= 0.6 is 0 Å². The van der Waals surface area contributed by atoms with Crippen molar-refractivity contribution in [2.24, 2.45) is 11.8 Å². The fourth-order valence-electron chi connectivity index (χ4n) is 2.20. The summed E-state index contributed by atoms with van der Waals surface area (Å²) in [6.07, 6.45) is 7.11. The Hall–Kier alpha value is -2.22. The molecule has 0 atom stereocenters. The Bertz CT molecular complexity index is 578. The molecule has 3 N–H and O–H groups in total. The van der Waals surface area contributed by atoms with Crippen LogP contribution in [0.1, 0.15) is 26.2 Å². The van der Waals surface area contributed by atoms with Crippen LogP contribution in [0.3, 0.4) is 0 Å². The molecule has 8 nitrogen and oxygen atoms in total. The first kappa shape index (κ1) is 13.7. The zero-order chi connectivity index (χ0) is 14.7. The summed E-state index contributed by atoms with van der Waals surface area (Å²) in [6, 6.07) is 1.83. The molecular weight excluding hydrogens is 268 g/mol. The minimum atomic E-state index is 0.349. The summed E-state index contributed by atoms with van der Waals surface area (Å²) in [5.74, 6) is 7.70. The molecule has 8 heteroatoms. The van der Waals surface area contributed by atoms with Crippen LogP contribution in [0.25, 0.3) is 5.95 Å². The Morgan fingerprint density at radius 2 is 2.24 bits per heavy atom. The molecule has 21 heavy (non-hydrogen) atoms. The van der Waals surface area contributed by atoms with E-state index in [9.17, 15) is 0 Å². The summed E-state index contributed by atoms with van der Waals surface area (Å²) in [5, 5.41) is 4.16. The number of hydrogen-bond donors (Lipinski definition) is 2. The minimum Gasteiger partial charge on any atom is -0.340 e. The highest BCUT2D eigenvalue weighted by Gasteiger charge is 2.26.